The first kappa shape index (κ1) is 22.8. The van der Waals surface area contributed by atoms with Gasteiger partial charge in [-0.2, -0.15) is 5.10 Å². The highest BCUT2D eigenvalue weighted by atomic mass is 127. The van der Waals surface area contributed by atoms with Gasteiger partial charge in [-0.3, -0.25) is 4.79 Å². The summed E-state index contributed by atoms with van der Waals surface area (Å²) in [6.45, 7) is 4.50. The molecule has 0 aliphatic rings. The smallest absolute Gasteiger partial charge is 0.244 e. The molecule has 1 N–H and O–H groups in total. The SMILES string of the molecule is COc1cc(/C=N/NC(=O)Cc2ccc(C)cc2C)ccc1OCc1ccc(I)cc1. The summed E-state index contributed by atoms with van der Waals surface area (Å²) in [5, 5.41) is 4.07. The van der Waals surface area contributed by atoms with Crippen LogP contribution in [0.15, 0.2) is 65.8 Å². The lowest BCUT2D eigenvalue weighted by Gasteiger charge is -2.11. The molecule has 0 radical (unpaired) electrons. The van der Waals surface area contributed by atoms with Crippen LogP contribution in [0.5, 0.6) is 11.5 Å². The average Bonchev–Trinajstić information content (AvgIpc) is 2.75. The summed E-state index contributed by atoms with van der Waals surface area (Å²) < 4.78 is 12.5. The lowest BCUT2D eigenvalue weighted by atomic mass is 10.0. The van der Waals surface area contributed by atoms with E-state index in [4.69, 9.17) is 9.47 Å². The van der Waals surface area contributed by atoms with E-state index < -0.39 is 0 Å². The van der Waals surface area contributed by atoms with Crippen LogP contribution < -0.4 is 14.9 Å². The predicted octanol–water partition coefficient (Wildman–Crippen LogP) is 5.19. The number of hydrazone groups is 1. The van der Waals surface area contributed by atoms with Crippen LogP contribution in [0, 0.1) is 17.4 Å². The van der Waals surface area contributed by atoms with Gasteiger partial charge in [0, 0.05) is 3.57 Å². The van der Waals surface area contributed by atoms with Crippen LogP contribution in [-0.4, -0.2) is 19.2 Å². The molecule has 0 aliphatic carbocycles. The minimum Gasteiger partial charge on any atom is -0.493 e. The molecule has 0 unspecified atom stereocenters. The van der Waals surface area contributed by atoms with Crippen molar-refractivity contribution in [2.45, 2.75) is 26.9 Å². The average molecular weight is 528 g/mol. The van der Waals surface area contributed by atoms with Crippen molar-refractivity contribution < 1.29 is 14.3 Å². The predicted molar refractivity (Wildman–Crippen MR) is 132 cm³/mol. The van der Waals surface area contributed by atoms with Gasteiger partial charge in [-0.1, -0.05) is 35.9 Å². The Bertz CT molecular complexity index is 1080. The van der Waals surface area contributed by atoms with E-state index in [0.29, 0.717) is 18.1 Å². The number of carbonyl (C=O) groups is 1. The lowest BCUT2D eigenvalue weighted by molar-refractivity contribution is -0.120. The topological polar surface area (TPSA) is 59.9 Å². The van der Waals surface area contributed by atoms with Crippen molar-refractivity contribution >= 4 is 34.7 Å². The normalized spacial score (nSPS) is 10.8. The van der Waals surface area contributed by atoms with E-state index in [2.05, 4.69) is 39.2 Å². The van der Waals surface area contributed by atoms with Gasteiger partial charge in [0.1, 0.15) is 6.61 Å². The van der Waals surface area contributed by atoms with E-state index in [0.717, 1.165) is 22.3 Å². The number of rotatable bonds is 8. The van der Waals surface area contributed by atoms with Crippen molar-refractivity contribution in [1.29, 1.82) is 0 Å². The number of nitrogens with zero attached hydrogens (tertiary/aromatic N) is 1. The molecule has 0 atom stereocenters. The molecule has 0 aromatic heterocycles. The molecule has 0 fully saturated rings. The molecule has 3 rings (SSSR count). The largest absolute Gasteiger partial charge is 0.493 e. The second kappa shape index (κ2) is 10.9. The van der Waals surface area contributed by atoms with Crippen LogP contribution in [0.4, 0.5) is 0 Å². The van der Waals surface area contributed by atoms with Crippen molar-refractivity contribution in [2.24, 2.45) is 5.10 Å². The maximum absolute atomic E-state index is 12.2. The Hall–Kier alpha value is -2.87. The second-order valence-electron chi connectivity index (χ2n) is 7.23. The number of aryl methyl sites for hydroxylation is 2. The minimum atomic E-state index is -0.160. The molecule has 0 saturated carbocycles. The summed E-state index contributed by atoms with van der Waals surface area (Å²) in [4.78, 5) is 12.2. The Morgan fingerprint density at radius 1 is 1.03 bits per heavy atom. The van der Waals surface area contributed by atoms with Crippen LogP contribution in [0.2, 0.25) is 0 Å². The van der Waals surface area contributed by atoms with E-state index >= 15 is 0 Å². The number of carbonyl (C=O) groups excluding carboxylic acids is 1. The molecule has 0 heterocycles. The molecule has 0 aliphatic heterocycles. The molecule has 0 saturated heterocycles. The van der Waals surface area contributed by atoms with Crippen molar-refractivity contribution in [3.8, 4) is 11.5 Å². The van der Waals surface area contributed by atoms with Gasteiger partial charge >= 0.3 is 0 Å². The van der Waals surface area contributed by atoms with Crippen molar-refractivity contribution in [2.75, 3.05) is 7.11 Å². The molecule has 0 bridgehead atoms. The molecular weight excluding hydrogens is 503 g/mol. The molecule has 31 heavy (non-hydrogen) atoms. The standard InChI is InChI=1S/C25H25IN2O3/c1-17-4-8-21(18(2)12-17)14-25(29)28-27-15-20-7-11-23(24(13-20)30-3)31-16-19-5-9-22(26)10-6-19/h4-13,15H,14,16H2,1-3H3,(H,28,29)/b27-15+. The maximum atomic E-state index is 12.2. The molecule has 3 aromatic carbocycles. The Kier molecular flexibility index (Phi) is 8.06. The highest BCUT2D eigenvalue weighted by molar-refractivity contribution is 14.1. The Morgan fingerprint density at radius 2 is 1.81 bits per heavy atom. The fourth-order valence-electron chi connectivity index (χ4n) is 3.06. The number of methoxy groups -OCH3 is 1. The van der Waals surface area contributed by atoms with E-state index in [1.165, 1.54) is 9.13 Å². The highest BCUT2D eigenvalue weighted by Crippen LogP contribution is 2.28. The third-order valence-corrected chi connectivity index (χ3v) is 5.47. The van der Waals surface area contributed by atoms with Crippen molar-refractivity contribution in [1.82, 2.24) is 5.43 Å². The molecule has 160 valence electrons. The number of halogens is 1. The van der Waals surface area contributed by atoms with Gasteiger partial charge < -0.3 is 9.47 Å². The van der Waals surface area contributed by atoms with Crippen LogP contribution in [0.1, 0.15) is 27.8 Å². The molecule has 3 aromatic rings. The maximum Gasteiger partial charge on any atom is 0.244 e. The van der Waals surface area contributed by atoms with Gasteiger partial charge in [0.25, 0.3) is 0 Å². The van der Waals surface area contributed by atoms with Gasteiger partial charge in [-0.05, 0) is 89.0 Å². The number of ether oxygens (including phenoxy) is 2. The van der Waals surface area contributed by atoms with Gasteiger partial charge in [-0.25, -0.2) is 5.43 Å². The number of nitrogens with one attached hydrogen (secondary N) is 1. The number of hydrogen-bond acceptors (Lipinski definition) is 4. The summed E-state index contributed by atoms with van der Waals surface area (Å²) in [5.74, 6) is 1.10. The Balaban J connectivity index is 1.57. The molecule has 1 amide bonds. The fourth-order valence-corrected chi connectivity index (χ4v) is 3.42. The molecule has 6 heteroatoms. The second-order valence-corrected chi connectivity index (χ2v) is 8.47. The van der Waals surface area contributed by atoms with Gasteiger partial charge in [0.15, 0.2) is 11.5 Å². The van der Waals surface area contributed by atoms with E-state index in [9.17, 15) is 4.79 Å². The van der Waals surface area contributed by atoms with Gasteiger partial charge in [0.05, 0.1) is 19.7 Å². The minimum absolute atomic E-state index is 0.160. The number of hydrogen-bond donors (Lipinski definition) is 1. The summed E-state index contributed by atoms with van der Waals surface area (Å²) in [6, 6.07) is 19.8. The summed E-state index contributed by atoms with van der Waals surface area (Å²) >= 11 is 2.27. The number of benzene rings is 3. The van der Waals surface area contributed by atoms with E-state index in [1.807, 2.05) is 68.4 Å². The monoisotopic (exact) mass is 528 g/mol. The third-order valence-electron chi connectivity index (χ3n) is 4.75. The van der Waals surface area contributed by atoms with Crippen LogP contribution in [-0.2, 0) is 17.8 Å². The van der Waals surface area contributed by atoms with Crippen LogP contribution in [0.3, 0.4) is 0 Å². The Morgan fingerprint density at radius 3 is 2.52 bits per heavy atom. The van der Waals surface area contributed by atoms with Crippen LogP contribution >= 0.6 is 22.6 Å². The summed E-state index contributed by atoms with van der Waals surface area (Å²) in [5.41, 5.74) is 7.74. The molecule has 5 nitrogen and oxygen atoms in total. The number of amides is 1. The first-order valence-electron chi connectivity index (χ1n) is 9.88. The third kappa shape index (κ3) is 6.82. The van der Waals surface area contributed by atoms with Gasteiger partial charge in [0.2, 0.25) is 5.91 Å². The molecular formula is C25H25IN2O3. The first-order chi connectivity index (χ1) is 14.9. The quantitative estimate of drug-likeness (QED) is 0.249. The zero-order valence-electron chi connectivity index (χ0n) is 17.8. The van der Waals surface area contributed by atoms with Crippen molar-refractivity contribution in [3.63, 3.8) is 0 Å². The Labute approximate surface area is 196 Å². The zero-order valence-corrected chi connectivity index (χ0v) is 20.0. The highest BCUT2D eigenvalue weighted by Gasteiger charge is 2.07. The van der Waals surface area contributed by atoms with E-state index in [1.54, 1.807) is 13.3 Å². The first-order valence-corrected chi connectivity index (χ1v) is 11.0. The fraction of sp³-hybridized carbons (Fsp3) is 0.200. The zero-order chi connectivity index (χ0) is 22.2. The summed E-state index contributed by atoms with van der Waals surface area (Å²) in [7, 11) is 1.60. The lowest BCUT2D eigenvalue weighted by Crippen LogP contribution is -2.20. The van der Waals surface area contributed by atoms with Crippen molar-refractivity contribution in [3.05, 3.63) is 92.1 Å². The molecule has 0 spiro atoms. The summed E-state index contributed by atoms with van der Waals surface area (Å²) in [6.07, 6.45) is 1.88. The van der Waals surface area contributed by atoms with Crippen LogP contribution in [0.25, 0.3) is 0 Å². The van der Waals surface area contributed by atoms with E-state index in [-0.39, 0.29) is 12.3 Å². The van der Waals surface area contributed by atoms with Gasteiger partial charge in [-0.15, -0.1) is 0 Å².